The van der Waals surface area contributed by atoms with Crippen molar-refractivity contribution in [3.63, 3.8) is 0 Å². The van der Waals surface area contributed by atoms with E-state index in [0.717, 1.165) is 5.69 Å². The topological polar surface area (TPSA) is 124 Å². The fraction of sp³-hybridized carbons (Fsp3) is 0.500. The Kier molecular flexibility index (Phi) is 4.41. The van der Waals surface area contributed by atoms with Gasteiger partial charge in [-0.25, -0.2) is 22.7 Å². The molecule has 2 aromatic heterocycles. The van der Waals surface area contributed by atoms with Gasteiger partial charge in [0.1, 0.15) is 0 Å². The highest BCUT2D eigenvalue weighted by atomic mass is 32.2. The molecule has 3 heterocycles. The number of aryl methyl sites for hydroxylation is 1. The zero-order chi connectivity index (χ0) is 18.2. The van der Waals surface area contributed by atoms with Crippen molar-refractivity contribution >= 4 is 27.5 Å². The third kappa shape index (κ3) is 3.60. The van der Waals surface area contributed by atoms with Gasteiger partial charge in [0.25, 0.3) is 17.5 Å². The molecule has 0 bridgehead atoms. The number of aromatic nitrogens is 4. The summed E-state index contributed by atoms with van der Waals surface area (Å²) in [5, 5.41) is 4.00. The lowest BCUT2D eigenvalue weighted by atomic mass is 10.2. The molecule has 25 heavy (non-hydrogen) atoms. The predicted molar refractivity (Wildman–Crippen MR) is 85.6 cm³/mol. The maximum Gasteiger partial charge on any atom is 0.378 e. The maximum atomic E-state index is 12.1. The van der Waals surface area contributed by atoms with E-state index < -0.39 is 34.4 Å². The Morgan fingerprint density at radius 2 is 2.20 bits per heavy atom. The molecule has 0 aliphatic carbocycles. The molecule has 1 aliphatic rings. The molecule has 134 valence electrons. The average Bonchev–Trinajstić information content (AvgIpc) is 3.15. The Morgan fingerprint density at radius 1 is 1.44 bits per heavy atom. The molecule has 0 N–H and O–H groups in total. The SMILES string of the molecule is Cc1ccnc2nc(C(=O)OCC(=O)N(C)[C@@H]3CCS(=O)(=O)C3)nn12. The zero-order valence-corrected chi connectivity index (χ0v) is 14.6. The average molecular weight is 367 g/mol. The molecule has 0 spiro atoms. The molecule has 1 saturated heterocycles. The van der Waals surface area contributed by atoms with Crippen LogP contribution in [-0.4, -0.2) is 76.0 Å². The largest absolute Gasteiger partial charge is 0.450 e. The van der Waals surface area contributed by atoms with Gasteiger partial charge in [-0.05, 0) is 19.4 Å². The van der Waals surface area contributed by atoms with Crippen LogP contribution in [0.3, 0.4) is 0 Å². The van der Waals surface area contributed by atoms with E-state index in [4.69, 9.17) is 4.74 Å². The summed E-state index contributed by atoms with van der Waals surface area (Å²) >= 11 is 0. The van der Waals surface area contributed by atoms with Gasteiger partial charge in [0.15, 0.2) is 16.4 Å². The first-order valence-corrected chi connectivity index (χ1v) is 9.40. The van der Waals surface area contributed by atoms with Gasteiger partial charge in [-0.2, -0.15) is 4.98 Å². The number of hydrogen-bond donors (Lipinski definition) is 0. The van der Waals surface area contributed by atoms with Crippen LogP contribution in [0, 0.1) is 6.92 Å². The summed E-state index contributed by atoms with van der Waals surface area (Å²) in [6, 6.07) is 1.32. The van der Waals surface area contributed by atoms with Crippen LogP contribution in [0.2, 0.25) is 0 Å². The number of esters is 1. The number of hydrogen-bond acceptors (Lipinski definition) is 8. The second-order valence-electron chi connectivity index (χ2n) is 5.87. The van der Waals surface area contributed by atoms with E-state index >= 15 is 0 Å². The van der Waals surface area contributed by atoms with Crippen molar-refractivity contribution in [2.75, 3.05) is 25.2 Å². The minimum atomic E-state index is -3.10. The molecular weight excluding hydrogens is 350 g/mol. The van der Waals surface area contributed by atoms with Crippen molar-refractivity contribution in [2.45, 2.75) is 19.4 Å². The van der Waals surface area contributed by atoms with Crippen molar-refractivity contribution in [3.05, 3.63) is 23.8 Å². The van der Waals surface area contributed by atoms with Crippen molar-refractivity contribution in [3.8, 4) is 0 Å². The van der Waals surface area contributed by atoms with Crippen molar-refractivity contribution in [2.24, 2.45) is 0 Å². The van der Waals surface area contributed by atoms with Gasteiger partial charge < -0.3 is 9.64 Å². The Hall–Kier alpha value is -2.56. The first-order chi connectivity index (χ1) is 11.8. The monoisotopic (exact) mass is 367 g/mol. The standard InChI is InChI=1S/C14H17N5O5S/c1-9-3-5-15-14-16-12(17-19(9)14)13(21)24-7-11(20)18(2)10-4-6-25(22,23)8-10/h3,5,10H,4,6-8H2,1-2H3/t10-/m1/s1. The molecule has 2 aromatic rings. The molecule has 0 unspecified atom stereocenters. The summed E-state index contributed by atoms with van der Waals surface area (Å²) in [6.07, 6.45) is 1.93. The highest BCUT2D eigenvalue weighted by molar-refractivity contribution is 7.91. The summed E-state index contributed by atoms with van der Waals surface area (Å²) in [7, 11) is -1.60. The summed E-state index contributed by atoms with van der Waals surface area (Å²) in [4.78, 5) is 33.4. The molecule has 1 amide bonds. The van der Waals surface area contributed by atoms with E-state index in [-0.39, 0.29) is 23.1 Å². The van der Waals surface area contributed by atoms with Crippen LogP contribution in [0.5, 0.6) is 0 Å². The van der Waals surface area contributed by atoms with Crippen LogP contribution in [0.1, 0.15) is 22.7 Å². The summed E-state index contributed by atoms with van der Waals surface area (Å²) in [5.41, 5.74) is 0.745. The fourth-order valence-electron chi connectivity index (χ4n) is 2.57. The van der Waals surface area contributed by atoms with Gasteiger partial charge in [0.2, 0.25) is 0 Å². The molecule has 0 radical (unpaired) electrons. The minimum Gasteiger partial charge on any atom is -0.450 e. The Balaban J connectivity index is 1.61. The number of amides is 1. The zero-order valence-electron chi connectivity index (χ0n) is 13.7. The third-order valence-corrected chi connectivity index (χ3v) is 5.84. The van der Waals surface area contributed by atoms with E-state index in [1.165, 1.54) is 16.5 Å². The molecule has 1 fully saturated rings. The second-order valence-corrected chi connectivity index (χ2v) is 8.10. The number of likely N-dealkylation sites (N-methyl/N-ethyl adjacent to an activating group) is 1. The van der Waals surface area contributed by atoms with E-state index in [1.54, 1.807) is 19.2 Å². The quantitative estimate of drug-likeness (QED) is 0.646. The Labute approximate surface area is 143 Å². The molecule has 0 saturated carbocycles. The molecule has 3 rings (SSSR count). The van der Waals surface area contributed by atoms with Crippen molar-refractivity contribution < 1.29 is 22.7 Å². The molecule has 10 nitrogen and oxygen atoms in total. The molecular formula is C14H17N5O5S. The summed E-state index contributed by atoms with van der Waals surface area (Å²) in [6.45, 7) is 1.28. The number of nitrogens with zero attached hydrogens (tertiary/aromatic N) is 5. The van der Waals surface area contributed by atoms with Gasteiger partial charge in [-0.15, -0.1) is 5.10 Å². The lowest BCUT2D eigenvalue weighted by molar-refractivity contribution is -0.134. The first-order valence-electron chi connectivity index (χ1n) is 7.58. The number of ether oxygens (including phenoxy) is 1. The highest BCUT2D eigenvalue weighted by Gasteiger charge is 2.33. The molecule has 1 aliphatic heterocycles. The Bertz CT molecular complexity index is 938. The second kappa shape index (κ2) is 6.39. The van der Waals surface area contributed by atoms with Crippen LogP contribution in [0.4, 0.5) is 0 Å². The highest BCUT2D eigenvalue weighted by Crippen LogP contribution is 2.16. The lowest BCUT2D eigenvalue weighted by Crippen LogP contribution is -2.40. The van der Waals surface area contributed by atoms with Crippen molar-refractivity contribution in [1.82, 2.24) is 24.5 Å². The van der Waals surface area contributed by atoms with Gasteiger partial charge in [0, 0.05) is 25.0 Å². The third-order valence-electron chi connectivity index (χ3n) is 4.09. The van der Waals surface area contributed by atoms with Gasteiger partial charge in [0.05, 0.1) is 11.5 Å². The smallest absolute Gasteiger partial charge is 0.378 e. The van der Waals surface area contributed by atoms with Crippen LogP contribution in [0.25, 0.3) is 5.78 Å². The fourth-order valence-corrected chi connectivity index (χ4v) is 4.35. The normalized spacial score (nSPS) is 19.0. The number of sulfone groups is 1. The van der Waals surface area contributed by atoms with E-state index in [9.17, 15) is 18.0 Å². The first kappa shape index (κ1) is 17.3. The van der Waals surface area contributed by atoms with Gasteiger partial charge in [-0.1, -0.05) is 0 Å². The van der Waals surface area contributed by atoms with E-state index in [2.05, 4.69) is 15.1 Å². The number of carbonyl (C=O) groups excluding carboxylic acids is 2. The van der Waals surface area contributed by atoms with Crippen LogP contribution in [0.15, 0.2) is 12.3 Å². The van der Waals surface area contributed by atoms with Gasteiger partial charge in [-0.3, -0.25) is 4.79 Å². The molecule has 1 atom stereocenters. The summed E-state index contributed by atoms with van der Waals surface area (Å²) in [5.74, 6) is -1.26. The molecule has 0 aromatic carbocycles. The van der Waals surface area contributed by atoms with E-state index in [1.807, 2.05) is 0 Å². The lowest BCUT2D eigenvalue weighted by Gasteiger charge is -2.22. The van der Waals surface area contributed by atoms with Crippen LogP contribution < -0.4 is 0 Å². The maximum absolute atomic E-state index is 12.1. The molecule has 11 heteroatoms. The number of fused-ring (bicyclic) bond motifs is 1. The summed E-state index contributed by atoms with van der Waals surface area (Å²) < 4.78 is 29.3. The number of rotatable bonds is 4. The van der Waals surface area contributed by atoms with E-state index in [0.29, 0.717) is 6.42 Å². The van der Waals surface area contributed by atoms with Crippen molar-refractivity contribution in [1.29, 1.82) is 0 Å². The van der Waals surface area contributed by atoms with Crippen LogP contribution >= 0.6 is 0 Å². The predicted octanol–water partition coefficient (Wildman–Crippen LogP) is -0.765. The van der Waals surface area contributed by atoms with Gasteiger partial charge >= 0.3 is 5.97 Å². The van der Waals surface area contributed by atoms with Crippen LogP contribution in [-0.2, 0) is 19.4 Å². The number of carbonyl (C=O) groups is 2. The minimum absolute atomic E-state index is 0.0621. The Morgan fingerprint density at radius 3 is 2.84 bits per heavy atom.